The highest BCUT2D eigenvalue weighted by Gasteiger charge is 2.54. The molecule has 4 bridgehead atoms. The summed E-state index contributed by atoms with van der Waals surface area (Å²) in [6.07, 6.45) is 6.95. The molecule has 0 radical (unpaired) electrons. The molecule has 0 spiro atoms. The highest BCUT2D eigenvalue weighted by molar-refractivity contribution is 8.00. The van der Waals surface area contributed by atoms with E-state index in [1.165, 1.54) is 31.0 Å². The van der Waals surface area contributed by atoms with E-state index in [1.807, 2.05) is 22.8 Å². The van der Waals surface area contributed by atoms with Gasteiger partial charge in [-0.3, -0.25) is 14.2 Å². The van der Waals surface area contributed by atoms with Crippen LogP contribution in [0.15, 0.2) is 29.4 Å². The van der Waals surface area contributed by atoms with Gasteiger partial charge < -0.3 is 10.1 Å². The molecule has 1 N–H and O–H groups in total. The molecule has 1 aromatic carbocycles. The second kappa shape index (κ2) is 9.53. The van der Waals surface area contributed by atoms with Gasteiger partial charge in [-0.05, 0) is 88.3 Å². The largest absolute Gasteiger partial charge is 0.465 e. The van der Waals surface area contributed by atoms with E-state index < -0.39 is 5.25 Å². The zero-order valence-electron chi connectivity index (χ0n) is 19.6. The molecule has 7 nitrogen and oxygen atoms in total. The summed E-state index contributed by atoms with van der Waals surface area (Å²) in [5.41, 5.74) is 0.571. The molecule has 182 valence electrons. The van der Waals surface area contributed by atoms with Gasteiger partial charge >= 0.3 is 5.97 Å². The summed E-state index contributed by atoms with van der Waals surface area (Å²) >= 11 is 7.54. The van der Waals surface area contributed by atoms with E-state index >= 15 is 0 Å². The van der Waals surface area contributed by atoms with Gasteiger partial charge in [0.15, 0.2) is 11.0 Å². The lowest BCUT2D eigenvalue weighted by Gasteiger charge is -2.55. The van der Waals surface area contributed by atoms with Gasteiger partial charge in [-0.15, -0.1) is 10.2 Å². The quantitative estimate of drug-likeness (QED) is 0.412. The molecule has 1 aromatic heterocycles. The van der Waals surface area contributed by atoms with Gasteiger partial charge in [0.2, 0.25) is 5.91 Å². The first kappa shape index (κ1) is 23.7. The summed E-state index contributed by atoms with van der Waals surface area (Å²) in [6, 6.07) is 7.41. The number of carbonyl (C=O) groups excluding carboxylic acids is 2. The number of thioether (sulfide) groups is 1. The zero-order chi connectivity index (χ0) is 23.9. The van der Waals surface area contributed by atoms with Crippen LogP contribution in [-0.2, 0) is 20.9 Å². The SMILES string of the molecule is CCOC(=O)[C@@H](C)Sc1nnc(CNC(=O)C23CC4CC(CC(C4)C2)C3)n1-c1cccc(Cl)c1. The van der Waals surface area contributed by atoms with Crippen LogP contribution in [0.25, 0.3) is 5.69 Å². The number of esters is 1. The van der Waals surface area contributed by atoms with Crippen molar-refractivity contribution in [1.29, 1.82) is 0 Å². The third-order valence-electron chi connectivity index (χ3n) is 7.59. The third kappa shape index (κ3) is 4.59. The maximum Gasteiger partial charge on any atom is 0.319 e. The van der Waals surface area contributed by atoms with Gasteiger partial charge in [0.25, 0.3) is 0 Å². The summed E-state index contributed by atoms with van der Waals surface area (Å²) < 4.78 is 7.02. The van der Waals surface area contributed by atoms with Crippen LogP contribution in [0, 0.1) is 23.2 Å². The van der Waals surface area contributed by atoms with Gasteiger partial charge in [-0.25, -0.2) is 0 Å². The molecule has 0 unspecified atom stereocenters. The van der Waals surface area contributed by atoms with E-state index in [0.717, 1.165) is 24.9 Å². The number of rotatable bonds is 8. The molecule has 4 fully saturated rings. The fourth-order valence-corrected chi connectivity index (χ4v) is 7.64. The predicted molar refractivity (Wildman–Crippen MR) is 131 cm³/mol. The molecule has 34 heavy (non-hydrogen) atoms. The molecule has 0 saturated heterocycles. The number of aromatic nitrogens is 3. The van der Waals surface area contributed by atoms with E-state index in [-0.39, 0.29) is 23.8 Å². The molecule has 1 amide bonds. The second-order valence-electron chi connectivity index (χ2n) is 10.1. The lowest BCUT2D eigenvalue weighted by atomic mass is 9.49. The average Bonchev–Trinajstić information content (AvgIpc) is 3.19. The van der Waals surface area contributed by atoms with Crippen LogP contribution in [-0.4, -0.2) is 38.5 Å². The normalized spacial score (nSPS) is 28.0. The number of hydrogen-bond donors (Lipinski definition) is 1. The molecular formula is C25H31ClN4O3S. The van der Waals surface area contributed by atoms with Crippen molar-refractivity contribution >= 4 is 35.2 Å². The number of benzene rings is 1. The number of nitrogens with zero attached hydrogens (tertiary/aromatic N) is 3. The van der Waals surface area contributed by atoms with Gasteiger partial charge in [0, 0.05) is 10.4 Å². The number of hydrogen-bond acceptors (Lipinski definition) is 6. The number of ether oxygens (including phenoxy) is 1. The van der Waals surface area contributed by atoms with Crippen LogP contribution in [0.5, 0.6) is 0 Å². The van der Waals surface area contributed by atoms with E-state index in [1.54, 1.807) is 19.9 Å². The van der Waals surface area contributed by atoms with Crippen molar-refractivity contribution in [1.82, 2.24) is 20.1 Å². The minimum Gasteiger partial charge on any atom is -0.465 e. The number of carbonyl (C=O) groups is 2. The van der Waals surface area contributed by atoms with Crippen LogP contribution in [0.3, 0.4) is 0 Å². The van der Waals surface area contributed by atoms with Gasteiger partial charge in [0.05, 0.1) is 18.8 Å². The Hall–Kier alpha value is -2.06. The van der Waals surface area contributed by atoms with Crippen molar-refractivity contribution < 1.29 is 14.3 Å². The van der Waals surface area contributed by atoms with E-state index in [9.17, 15) is 9.59 Å². The van der Waals surface area contributed by atoms with E-state index in [2.05, 4.69) is 15.5 Å². The van der Waals surface area contributed by atoms with Gasteiger partial charge in [-0.2, -0.15) is 0 Å². The van der Waals surface area contributed by atoms with Crippen molar-refractivity contribution in [3.63, 3.8) is 0 Å². The van der Waals surface area contributed by atoms with Crippen molar-refractivity contribution in [2.24, 2.45) is 23.2 Å². The summed E-state index contributed by atoms with van der Waals surface area (Å²) in [5, 5.41) is 12.6. The Kier molecular flexibility index (Phi) is 6.64. The lowest BCUT2D eigenvalue weighted by Crippen LogP contribution is -2.53. The third-order valence-corrected chi connectivity index (χ3v) is 8.85. The van der Waals surface area contributed by atoms with Crippen LogP contribution in [0.4, 0.5) is 0 Å². The molecule has 1 atom stereocenters. The van der Waals surface area contributed by atoms with Crippen LogP contribution >= 0.6 is 23.4 Å². The summed E-state index contributed by atoms with van der Waals surface area (Å²) in [6.45, 7) is 4.17. The fourth-order valence-electron chi connectivity index (χ4n) is 6.57. The molecule has 4 aliphatic rings. The van der Waals surface area contributed by atoms with Gasteiger partial charge in [-0.1, -0.05) is 29.4 Å². The minimum atomic E-state index is -0.448. The Morgan fingerprint density at radius 2 is 1.88 bits per heavy atom. The Bertz CT molecular complexity index is 1050. The van der Waals surface area contributed by atoms with Crippen molar-refractivity contribution in [3.8, 4) is 5.69 Å². The number of amides is 1. The smallest absolute Gasteiger partial charge is 0.319 e. The molecule has 0 aliphatic heterocycles. The number of nitrogens with one attached hydrogen (secondary N) is 1. The molecule has 2 aromatic rings. The molecule has 9 heteroatoms. The predicted octanol–water partition coefficient (Wildman–Crippen LogP) is 4.80. The monoisotopic (exact) mass is 502 g/mol. The van der Waals surface area contributed by atoms with Crippen molar-refractivity contribution in [3.05, 3.63) is 35.1 Å². The van der Waals surface area contributed by atoms with Crippen LogP contribution in [0.2, 0.25) is 5.02 Å². The summed E-state index contributed by atoms with van der Waals surface area (Å²) in [4.78, 5) is 25.7. The molecule has 4 aliphatic carbocycles. The first-order chi connectivity index (χ1) is 16.4. The Morgan fingerprint density at radius 3 is 2.50 bits per heavy atom. The highest BCUT2D eigenvalue weighted by atomic mass is 35.5. The van der Waals surface area contributed by atoms with Crippen LogP contribution in [0.1, 0.15) is 58.2 Å². The van der Waals surface area contributed by atoms with E-state index in [4.69, 9.17) is 16.3 Å². The standard InChI is InChI=1S/C25H31ClN4O3S/c1-3-33-22(31)15(2)34-24-29-28-21(30(24)20-6-4-5-19(26)10-20)14-27-23(32)25-11-16-7-17(12-25)9-18(8-16)13-25/h4-6,10,15-18H,3,7-9,11-14H2,1-2H3,(H,27,32)/t15-,16?,17?,18?,25?/m1/s1. The molecular weight excluding hydrogens is 472 g/mol. The second-order valence-corrected chi connectivity index (χ2v) is 11.9. The summed E-state index contributed by atoms with van der Waals surface area (Å²) in [7, 11) is 0. The fraction of sp³-hybridized carbons (Fsp3) is 0.600. The molecule has 1 heterocycles. The maximum atomic E-state index is 13.5. The van der Waals surface area contributed by atoms with Gasteiger partial charge in [0.1, 0.15) is 5.25 Å². The Morgan fingerprint density at radius 1 is 1.21 bits per heavy atom. The van der Waals surface area contributed by atoms with E-state index in [0.29, 0.717) is 40.4 Å². The first-order valence-corrected chi connectivity index (χ1v) is 13.4. The molecule has 4 saturated carbocycles. The Balaban J connectivity index is 1.36. The topological polar surface area (TPSA) is 86.1 Å². The van der Waals surface area contributed by atoms with Crippen LogP contribution < -0.4 is 5.32 Å². The van der Waals surface area contributed by atoms with Crippen molar-refractivity contribution in [2.75, 3.05) is 6.61 Å². The molecule has 6 rings (SSSR count). The highest BCUT2D eigenvalue weighted by Crippen LogP contribution is 2.60. The summed E-state index contributed by atoms with van der Waals surface area (Å²) in [5.74, 6) is 2.59. The maximum absolute atomic E-state index is 13.5. The van der Waals surface area contributed by atoms with Crippen molar-refractivity contribution in [2.45, 2.75) is 69.3 Å². The zero-order valence-corrected chi connectivity index (χ0v) is 21.2. The Labute approximate surface area is 209 Å². The average molecular weight is 503 g/mol. The minimum absolute atomic E-state index is 0.154. The first-order valence-electron chi connectivity index (χ1n) is 12.2. The lowest BCUT2D eigenvalue weighted by molar-refractivity contribution is -0.146. The number of halogens is 1.